The molecular weight excluding hydrogens is 427 g/mol. The summed E-state index contributed by atoms with van der Waals surface area (Å²) in [6.45, 7) is 3.49. The summed E-state index contributed by atoms with van der Waals surface area (Å²) in [5.74, 6) is 0.690. The molecule has 2 N–H and O–H groups in total. The Bertz CT molecular complexity index is 1020. The van der Waals surface area contributed by atoms with Crippen LogP contribution in [0.4, 0.5) is 10.2 Å². The second kappa shape index (κ2) is 9.47. The zero-order chi connectivity index (χ0) is 21.1. The Morgan fingerprint density at radius 2 is 2.27 bits per heavy atom. The fraction of sp³-hybridized carbons (Fsp3) is 0.450. The minimum absolute atomic E-state index is 0.0272. The second-order valence-corrected chi connectivity index (χ2v) is 9.40. The Morgan fingerprint density at radius 3 is 3.10 bits per heavy atom. The monoisotopic (exact) mass is 450 g/mol. The summed E-state index contributed by atoms with van der Waals surface area (Å²) < 4.78 is 28.9. The van der Waals surface area contributed by atoms with Gasteiger partial charge in [0.1, 0.15) is 11.4 Å². The minimum Gasteiger partial charge on any atom is -0.598 e. The number of halogens is 2. The van der Waals surface area contributed by atoms with Crippen LogP contribution in [0.1, 0.15) is 32.6 Å². The molecule has 0 amide bonds. The number of H-pyrrole nitrogens is 1. The standard InChI is InChI=1S/C20H24ClFN6OS/c1-2-3-7-30(29)28-6-4-5-14(12-28)26-20-17(22)11-25-19(27-20)16-10-24-18-15(16)8-13(21)9-23-18/h8-11,14H,2-7,12H2,1H3,(H,23,24)(H,25,26,27). The molecule has 1 fully saturated rings. The van der Waals surface area contributed by atoms with Crippen LogP contribution in [-0.4, -0.2) is 53.7 Å². The largest absolute Gasteiger partial charge is 0.598 e. The zero-order valence-electron chi connectivity index (χ0n) is 16.7. The number of nitrogens with zero attached hydrogens (tertiary/aromatic N) is 4. The van der Waals surface area contributed by atoms with Crippen molar-refractivity contribution in [1.29, 1.82) is 0 Å². The van der Waals surface area contributed by atoms with Crippen molar-refractivity contribution < 1.29 is 8.94 Å². The van der Waals surface area contributed by atoms with Crippen LogP contribution in [-0.2, 0) is 11.4 Å². The van der Waals surface area contributed by atoms with E-state index < -0.39 is 17.2 Å². The van der Waals surface area contributed by atoms with Gasteiger partial charge in [0.25, 0.3) is 0 Å². The van der Waals surface area contributed by atoms with Crippen LogP contribution in [0, 0.1) is 5.82 Å². The smallest absolute Gasteiger partial charge is 0.183 e. The van der Waals surface area contributed by atoms with Crippen molar-refractivity contribution in [3.8, 4) is 11.4 Å². The maximum absolute atomic E-state index is 14.5. The molecule has 1 saturated heterocycles. The quantitative estimate of drug-likeness (QED) is 0.525. The predicted molar refractivity (Wildman–Crippen MR) is 118 cm³/mol. The molecule has 1 aliphatic heterocycles. The lowest BCUT2D eigenvalue weighted by molar-refractivity contribution is 0.326. The van der Waals surface area contributed by atoms with Gasteiger partial charge in [-0.3, -0.25) is 0 Å². The summed E-state index contributed by atoms with van der Waals surface area (Å²) >= 11 is 5.08. The molecule has 0 bridgehead atoms. The van der Waals surface area contributed by atoms with Gasteiger partial charge in [0.15, 0.2) is 17.5 Å². The van der Waals surface area contributed by atoms with E-state index in [4.69, 9.17) is 11.6 Å². The molecule has 10 heteroatoms. The number of aromatic amines is 1. The van der Waals surface area contributed by atoms with Gasteiger partial charge in [0, 0.05) is 47.3 Å². The summed E-state index contributed by atoms with van der Waals surface area (Å²) in [5.41, 5.74) is 1.36. The van der Waals surface area contributed by atoms with Crippen LogP contribution < -0.4 is 5.32 Å². The molecule has 0 saturated carbocycles. The van der Waals surface area contributed by atoms with Gasteiger partial charge in [-0.2, -0.15) is 0 Å². The number of hydrogen-bond donors (Lipinski definition) is 2. The van der Waals surface area contributed by atoms with E-state index in [0.29, 0.717) is 34.4 Å². The normalized spacial score (nSPS) is 18.6. The fourth-order valence-electron chi connectivity index (χ4n) is 3.60. The van der Waals surface area contributed by atoms with E-state index in [9.17, 15) is 8.94 Å². The molecule has 160 valence electrons. The third-order valence-electron chi connectivity index (χ3n) is 5.17. The highest BCUT2D eigenvalue weighted by Gasteiger charge is 2.28. The molecule has 30 heavy (non-hydrogen) atoms. The highest BCUT2D eigenvalue weighted by atomic mass is 35.5. The molecule has 4 rings (SSSR count). The molecule has 1 aliphatic rings. The van der Waals surface area contributed by atoms with Crippen molar-refractivity contribution in [3.05, 3.63) is 35.5 Å². The third-order valence-corrected chi connectivity index (χ3v) is 6.92. The molecule has 3 aromatic rings. The molecule has 4 heterocycles. The SMILES string of the molecule is CCCC[S+]([O-])N1CCCC(Nc2nc(-c3c[nH]c4ncc(Cl)cc34)ncc2F)C1. The fourth-order valence-corrected chi connectivity index (χ4v) is 5.23. The van der Waals surface area contributed by atoms with E-state index in [1.165, 1.54) is 6.20 Å². The van der Waals surface area contributed by atoms with E-state index >= 15 is 0 Å². The van der Waals surface area contributed by atoms with Crippen LogP contribution in [0.25, 0.3) is 22.4 Å². The van der Waals surface area contributed by atoms with Gasteiger partial charge in [-0.05, 0) is 25.3 Å². The Morgan fingerprint density at radius 1 is 1.40 bits per heavy atom. The molecule has 3 aromatic heterocycles. The summed E-state index contributed by atoms with van der Waals surface area (Å²) in [6, 6.07) is 1.75. The van der Waals surface area contributed by atoms with Crippen molar-refractivity contribution >= 4 is 39.8 Å². The van der Waals surface area contributed by atoms with Gasteiger partial charge in [0.05, 0.1) is 17.8 Å². The predicted octanol–water partition coefficient (Wildman–Crippen LogP) is 4.15. The molecule has 2 unspecified atom stereocenters. The zero-order valence-corrected chi connectivity index (χ0v) is 18.3. The number of anilines is 1. The first kappa shape index (κ1) is 21.3. The first-order valence-electron chi connectivity index (χ1n) is 10.1. The first-order chi connectivity index (χ1) is 14.5. The van der Waals surface area contributed by atoms with Crippen LogP contribution >= 0.6 is 11.6 Å². The van der Waals surface area contributed by atoms with Crippen molar-refractivity contribution in [1.82, 2.24) is 24.2 Å². The summed E-state index contributed by atoms with van der Waals surface area (Å²) in [6.07, 6.45) is 8.20. The Hall–Kier alpha value is -1.94. The highest BCUT2D eigenvalue weighted by Crippen LogP contribution is 2.28. The average Bonchev–Trinajstić information content (AvgIpc) is 3.17. The van der Waals surface area contributed by atoms with Crippen molar-refractivity contribution in [2.75, 3.05) is 24.2 Å². The second-order valence-electron chi connectivity index (χ2n) is 7.39. The molecule has 7 nitrogen and oxygen atoms in total. The topological polar surface area (TPSA) is 92.8 Å². The van der Waals surface area contributed by atoms with Crippen molar-refractivity contribution in [2.45, 2.75) is 38.6 Å². The van der Waals surface area contributed by atoms with Gasteiger partial charge in [-0.15, -0.1) is 4.31 Å². The van der Waals surface area contributed by atoms with Crippen LogP contribution in [0.2, 0.25) is 5.02 Å². The number of unbranched alkanes of at least 4 members (excludes halogenated alkanes) is 1. The first-order valence-corrected chi connectivity index (χ1v) is 11.8. The lowest BCUT2D eigenvalue weighted by atomic mass is 10.1. The summed E-state index contributed by atoms with van der Waals surface area (Å²) in [4.78, 5) is 15.9. The molecule has 2 atom stereocenters. The minimum atomic E-state index is -0.994. The van der Waals surface area contributed by atoms with Crippen LogP contribution in [0.5, 0.6) is 0 Å². The molecule has 0 radical (unpaired) electrons. The molecule has 0 aromatic carbocycles. The number of piperidine rings is 1. The van der Waals surface area contributed by atoms with Crippen LogP contribution in [0.15, 0.2) is 24.7 Å². The summed E-state index contributed by atoms with van der Waals surface area (Å²) in [5, 5.41) is 4.47. The van der Waals surface area contributed by atoms with Gasteiger partial charge in [0.2, 0.25) is 0 Å². The third kappa shape index (κ3) is 4.69. The number of pyridine rings is 1. The lowest BCUT2D eigenvalue weighted by Gasteiger charge is -2.33. The van der Waals surface area contributed by atoms with E-state index in [1.807, 2.05) is 4.31 Å². The van der Waals surface area contributed by atoms with E-state index in [-0.39, 0.29) is 11.9 Å². The number of aromatic nitrogens is 4. The number of nitrogens with one attached hydrogen (secondary N) is 2. The summed E-state index contributed by atoms with van der Waals surface area (Å²) in [7, 11) is 0. The van der Waals surface area contributed by atoms with Crippen molar-refractivity contribution in [3.63, 3.8) is 0 Å². The molecule has 0 spiro atoms. The van der Waals surface area contributed by atoms with E-state index in [0.717, 1.165) is 37.6 Å². The molecule has 0 aliphatic carbocycles. The van der Waals surface area contributed by atoms with E-state index in [1.54, 1.807) is 18.5 Å². The number of fused-ring (bicyclic) bond motifs is 1. The number of rotatable bonds is 7. The van der Waals surface area contributed by atoms with Crippen LogP contribution in [0.3, 0.4) is 0 Å². The van der Waals surface area contributed by atoms with Gasteiger partial charge < -0.3 is 14.9 Å². The van der Waals surface area contributed by atoms with Crippen molar-refractivity contribution in [2.24, 2.45) is 0 Å². The average molecular weight is 451 g/mol. The van der Waals surface area contributed by atoms with Gasteiger partial charge >= 0.3 is 0 Å². The highest BCUT2D eigenvalue weighted by molar-refractivity contribution is 7.89. The maximum atomic E-state index is 14.5. The Kier molecular flexibility index (Phi) is 6.72. The Balaban J connectivity index is 1.53. The lowest BCUT2D eigenvalue weighted by Crippen LogP contribution is -2.46. The maximum Gasteiger partial charge on any atom is 0.183 e. The molecular formula is C20H24ClFN6OS. The van der Waals surface area contributed by atoms with Gasteiger partial charge in [-0.25, -0.2) is 19.3 Å². The number of hydrogen-bond acceptors (Lipinski definition) is 6. The Labute approximate surface area is 182 Å². The van der Waals surface area contributed by atoms with E-state index in [2.05, 4.69) is 32.2 Å². The van der Waals surface area contributed by atoms with Gasteiger partial charge in [-0.1, -0.05) is 24.9 Å².